The van der Waals surface area contributed by atoms with Crippen LogP contribution in [0.4, 0.5) is 10.5 Å². The fraction of sp³-hybridized carbons (Fsp3) is 0.708. The molecule has 0 aliphatic heterocycles. The van der Waals surface area contributed by atoms with Gasteiger partial charge in [-0.1, -0.05) is 63.5 Å². The molecule has 0 aromatic heterocycles. The lowest BCUT2D eigenvalue weighted by atomic mass is 10.1. The number of carbonyl (C=O) groups is 1. The second kappa shape index (κ2) is 15.3. The topological polar surface area (TPSA) is 73.6 Å². The summed E-state index contributed by atoms with van der Waals surface area (Å²) in [5.74, 6) is 0. The van der Waals surface area contributed by atoms with Crippen molar-refractivity contribution in [1.82, 2.24) is 0 Å². The molecule has 0 spiro atoms. The minimum atomic E-state index is -0.498. The van der Waals surface area contributed by atoms with Gasteiger partial charge in [-0.3, -0.25) is 5.32 Å². The molecule has 0 unspecified atom stereocenters. The van der Waals surface area contributed by atoms with Gasteiger partial charge in [-0.15, -0.1) is 0 Å². The summed E-state index contributed by atoms with van der Waals surface area (Å²) in [4.78, 5) is 11.8. The summed E-state index contributed by atoms with van der Waals surface area (Å²) in [6.07, 6.45) is 12.4. The normalized spacial score (nSPS) is 11.4. The number of rotatable bonds is 15. The molecule has 0 aliphatic rings. The monoisotopic (exact) mass is 406 g/mol. The molecule has 3 N–H and O–H groups in total. The van der Waals surface area contributed by atoms with E-state index >= 15 is 0 Å². The number of ether oxygens (including phenoxy) is 2. The Labute approximate surface area is 177 Å². The van der Waals surface area contributed by atoms with Crippen LogP contribution in [0.2, 0.25) is 0 Å². The Hall–Kier alpha value is -1.59. The molecular formula is C24H42N2O3. The van der Waals surface area contributed by atoms with Crippen LogP contribution in [0.3, 0.4) is 0 Å². The van der Waals surface area contributed by atoms with E-state index in [4.69, 9.17) is 15.2 Å². The van der Waals surface area contributed by atoms with E-state index in [1.165, 1.54) is 57.8 Å². The number of benzene rings is 1. The first kappa shape index (κ1) is 25.4. The van der Waals surface area contributed by atoms with Gasteiger partial charge < -0.3 is 15.2 Å². The van der Waals surface area contributed by atoms with E-state index in [0.29, 0.717) is 6.61 Å². The summed E-state index contributed by atoms with van der Waals surface area (Å²) in [6.45, 7) is 7.78. The number of hydrogen-bond acceptors (Lipinski definition) is 4. The van der Waals surface area contributed by atoms with Gasteiger partial charge in [-0.05, 0) is 57.9 Å². The van der Waals surface area contributed by atoms with Gasteiger partial charge in [0.15, 0.2) is 0 Å². The standard InChI is InChI=1S/C24H42N2O3/c1-24(2,3)29-23(27)26-22-16-14-21(15-17-22)20-28-19-13-11-9-7-5-4-6-8-10-12-18-25/h14-17H,4-13,18-20,25H2,1-3H3,(H,26,27). The molecule has 0 heterocycles. The van der Waals surface area contributed by atoms with Crippen molar-refractivity contribution in [3.8, 4) is 0 Å². The average molecular weight is 407 g/mol. The Morgan fingerprint density at radius 3 is 1.90 bits per heavy atom. The molecule has 5 heteroatoms. The second-order valence-electron chi connectivity index (χ2n) is 8.70. The zero-order chi connectivity index (χ0) is 21.4. The first-order valence-electron chi connectivity index (χ1n) is 11.3. The first-order valence-corrected chi connectivity index (χ1v) is 11.3. The molecule has 0 saturated carbocycles. The molecule has 1 rings (SSSR count). The third-order valence-corrected chi connectivity index (χ3v) is 4.61. The van der Waals surface area contributed by atoms with Crippen molar-refractivity contribution in [3.63, 3.8) is 0 Å². The first-order chi connectivity index (χ1) is 13.9. The van der Waals surface area contributed by atoms with Gasteiger partial charge in [-0.25, -0.2) is 4.79 Å². The van der Waals surface area contributed by atoms with Crippen LogP contribution in [-0.2, 0) is 16.1 Å². The van der Waals surface area contributed by atoms with Crippen LogP contribution in [0, 0.1) is 0 Å². The van der Waals surface area contributed by atoms with E-state index in [2.05, 4.69) is 5.32 Å². The highest BCUT2D eigenvalue weighted by Gasteiger charge is 2.16. The van der Waals surface area contributed by atoms with Crippen molar-refractivity contribution in [3.05, 3.63) is 29.8 Å². The Morgan fingerprint density at radius 2 is 1.38 bits per heavy atom. The molecule has 0 atom stereocenters. The number of anilines is 1. The molecular weight excluding hydrogens is 364 g/mol. The predicted octanol–water partition coefficient (Wildman–Crippen LogP) is 6.41. The predicted molar refractivity (Wildman–Crippen MR) is 121 cm³/mol. The highest BCUT2D eigenvalue weighted by atomic mass is 16.6. The smallest absolute Gasteiger partial charge is 0.412 e. The lowest BCUT2D eigenvalue weighted by Crippen LogP contribution is -2.27. The van der Waals surface area contributed by atoms with Crippen LogP contribution in [0.5, 0.6) is 0 Å². The Bertz CT molecular complexity index is 538. The summed E-state index contributed by atoms with van der Waals surface area (Å²) < 4.78 is 11.0. The maximum absolute atomic E-state index is 11.8. The minimum absolute atomic E-state index is 0.437. The van der Waals surface area contributed by atoms with Gasteiger partial charge in [-0.2, -0.15) is 0 Å². The van der Waals surface area contributed by atoms with E-state index in [9.17, 15) is 4.79 Å². The molecule has 1 amide bonds. The molecule has 0 fully saturated rings. The third-order valence-electron chi connectivity index (χ3n) is 4.61. The van der Waals surface area contributed by atoms with Gasteiger partial charge in [0.25, 0.3) is 0 Å². The van der Waals surface area contributed by atoms with Gasteiger partial charge >= 0.3 is 6.09 Å². The summed E-state index contributed by atoms with van der Waals surface area (Å²) in [6, 6.07) is 7.69. The quantitative estimate of drug-likeness (QED) is 0.330. The van der Waals surface area contributed by atoms with Gasteiger partial charge in [0, 0.05) is 12.3 Å². The number of amides is 1. The maximum atomic E-state index is 11.8. The number of carbonyl (C=O) groups excluding carboxylic acids is 1. The summed E-state index contributed by atoms with van der Waals surface area (Å²) >= 11 is 0. The highest BCUT2D eigenvalue weighted by Crippen LogP contribution is 2.14. The molecule has 1 aromatic carbocycles. The molecule has 1 aromatic rings. The highest BCUT2D eigenvalue weighted by molar-refractivity contribution is 5.84. The molecule has 0 saturated heterocycles. The van der Waals surface area contributed by atoms with Crippen LogP contribution < -0.4 is 11.1 Å². The van der Waals surface area contributed by atoms with Gasteiger partial charge in [0.1, 0.15) is 5.60 Å². The van der Waals surface area contributed by atoms with Gasteiger partial charge in [0.2, 0.25) is 0 Å². The molecule has 0 bridgehead atoms. The average Bonchev–Trinajstić information content (AvgIpc) is 2.65. The van der Waals surface area contributed by atoms with Crippen molar-refractivity contribution in [2.75, 3.05) is 18.5 Å². The number of hydrogen-bond donors (Lipinski definition) is 2. The van der Waals surface area contributed by atoms with E-state index in [1.54, 1.807) is 0 Å². The van der Waals surface area contributed by atoms with Crippen molar-refractivity contribution in [2.24, 2.45) is 5.73 Å². The fourth-order valence-electron chi connectivity index (χ4n) is 3.06. The summed E-state index contributed by atoms with van der Waals surface area (Å²) in [5, 5.41) is 2.74. The molecule has 0 aliphatic carbocycles. The van der Waals surface area contributed by atoms with Crippen molar-refractivity contribution in [1.29, 1.82) is 0 Å². The second-order valence-corrected chi connectivity index (χ2v) is 8.70. The maximum Gasteiger partial charge on any atom is 0.412 e. The third kappa shape index (κ3) is 15.0. The van der Waals surface area contributed by atoms with E-state index in [0.717, 1.165) is 30.8 Å². The Balaban J connectivity index is 2.00. The summed E-state index contributed by atoms with van der Waals surface area (Å²) in [5.41, 5.74) is 6.83. The molecule has 166 valence electrons. The fourth-order valence-corrected chi connectivity index (χ4v) is 3.06. The van der Waals surface area contributed by atoms with Crippen LogP contribution >= 0.6 is 0 Å². The zero-order valence-corrected chi connectivity index (χ0v) is 18.8. The van der Waals surface area contributed by atoms with Crippen molar-refractivity contribution in [2.45, 2.75) is 97.2 Å². The molecule has 5 nitrogen and oxygen atoms in total. The Kier molecular flexibility index (Phi) is 13.4. The summed E-state index contributed by atoms with van der Waals surface area (Å²) in [7, 11) is 0. The Morgan fingerprint density at radius 1 is 0.862 bits per heavy atom. The van der Waals surface area contributed by atoms with Crippen molar-refractivity contribution < 1.29 is 14.3 Å². The minimum Gasteiger partial charge on any atom is -0.444 e. The van der Waals surface area contributed by atoms with Crippen LogP contribution in [-0.4, -0.2) is 24.8 Å². The molecule has 29 heavy (non-hydrogen) atoms. The number of unbranched alkanes of at least 4 members (excludes halogenated alkanes) is 9. The lowest BCUT2D eigenvalue weighted by molar-refractivity contribution is 0.0636. The van der Waals surface area contributed by atoms with E-state index in [-0.39, 0.29) is 0 Å². The van der Waals surface area contributed by atoms with Crippen LogP contribution in [0.1, 0.15) is 90.5 Å². The van der Waals surface area contributed by atoms with Crippen LogP contribution in [0.15, 0.2) is 24.3 Å². The van der Waals surface area contributed by atoms with E-state index in [1.807, 2.05) is 45.0 Å². The molecule has 0 radical (unpaired) electrons. The SMILES string of the molecule is CC(C)(C)OC(=O)Nc1ccc(COCCCCCCCCCCCCN)cc1. The lowest BCUT2D eigenvalue weighted by Gasteiger charge is -2.19. The van der Waals surface area contributed by atoms with Gasteiger partial charge in [0.05, 0.1) is 6.61 Å². The number of nitrogens with two attached hydrogens (primary N) is 1. The van der Waals surface area contributed by atoms with E-state index < -0.39 is 11.7 Å². The largest absolute Gasteiger partial charge is 0.444 e. The zero-order valence-electron chi connectivity index (χ0n) is 18.8. The van der Waals surface area contributed by atoms with Crippen molar-refractivity contribution >= 4 is 11.8 Å². The number of nitrogens with one attached hydrogen (secondary N) is 1. The van der Waals surface area contributed by atoms with Crippen LogP contribution in [0.25, 0.3) is 0 Å².